The molecule has 0 radical (unpaired) electrons. The van der Waals surface area contributed by atoms with Gasteiger partial charge in [0.2, 0.25) is 0 Å². The maximum atomic E-state index is 13.1. The van der Waals surface area contributed by atoms with Crippen LogP contribution in [0.4, 0.5) is 13.2 Å². The van der Waals surface area contributed by atoms with Gasteiger partial charge < -0.3 is 15.4 Å². The molecule has 1 amide bonds. The van der Waals surface area contributed by atoms with Crippen LogP contribution in [0.2, 0.25) is 5.02 Å². The summed E-state index contributed by atoms with van der Waals surface area (Å²) >= 11 is 6.97. The van der Waals surface area contributed by atoms with Crippen LogP contribution in [0, 0.1) is 0 Å². The maximum Gasteiger partial charge on any atom is 0.573 e. The number of ether oxygens (including phenoxy) is 1. The highest BCUT2D eigenvalue weighted by Crippen LogP contribution is 2.28. The van der Waals surface area contributed by atoms with E-state index in [9.17, 15) is 26.4 Å². The molecule has 13 heteroatoms. The number of benzene rings is 2. The number of halogens is 4. The summed E-state index contributed by atoms with van der Waals surface area (Å²) in [5.41, 5.74) is 1.26. The van der Waals surface area contributed by atoms with Crippen LogP contribution in [-0.4, -0.2) is 44.1 Å². The van der Waals surface area contributed by atoms with Gasteiger partial charge in [0, 0.05) is 41.1 Å². The highest BCUT2D eigenvalue weighted by Gasteiger charge is 2.31. The van der Waals surface area contributed by atoms with Gasteiger partial charge in [0.15, 0.2) is 0 Å². The normalized spacial score (nSPS) is 15.4. The molecule has 7 nitrogen and oxygen atoms in total. The monoisotopic (exact) mass is 587 g/mol. The SMILES string of the molecule is O=C(NCc1ccc(S(=O)(=O)N2CCC(NCc3ccc(OC(F)(F)F)cc3)CC2)s1)c1ccc(Cl)cc1. The molecule has 0 unspecified atom stereocenters. The molecule has 4 rings (SSSR count). The summed E-state index contributed by atoms with van der Waals surface area (Å²) in [4.78, 5) is 13.0. The van der Waals surface area contributed by atoms with Crippen molar-refractivity contribution in [3.63, 3.8) is 0 Å². The van der Waals surface area contributed by atoms with E-state index in [0.717, 1.165) is 16.9 Å². The number of hydrogen-bond acceptors (Lipinski definition) is 6. The van der Waals surface area contributed by atoms with Crippen LogP contribution in [-0.2, 0) is 23.1 Å². The Balaban J connectivity index is 1.24. The van der Waals surface area contributed by atoms with Crippen molar-refractivity contribution in [1.82, 2.24) is 14.9 Å². The number of nitrogens with one attached hydrogen (secondary N) is 2. The van der Waals surface area contributed by atoms with Gasteiger partial charge in [0.1, 0.15) is 9.96 Å². The quantitative estimate of drug-likeness (QED) is 0.361. The fourth-order valence-corrected chi connectivity index (χ4v) is 7.01. The number of carbonyl (C=O) groups is 1. The Morgan fingerprint density at radius 1 is 1.00 bits per heavy atom. The molecule has 1 saturated heterocycles. The Morgan fingerprint density at radius 3 is 2.29 bits per heavy atom. The molecule has 3 aromatic rings. The highest BCUT2D eigenvalue weighted by atomic mass is 35.5. The molecule has 1 fully saturated rings. The van der Waals surface area contributed by atoms with Crippen molar-refractivity contribution < 1.29 is 31.1 Å². The van der Waals surface area contributed by atoms with E-state index in [1.807, 2.05) is 0 Å². The Labute approximate surface area is 227 Å². The van der Waals surface area contributed by atoms with Crippen LogP contribution in [0.5, 0.6) is 5.75 Å². The minimum atomic E-state index is -4.73. The first kappa shape index (κ1) is 28.4. The Bertz CT molecular complexity index is 1340. The van der Waals surface area contributed by atoms with E-state index in [1.54, 1.807) is 48.5 Å². The number of piperidine rings is 1. The lowest BCUT2D eigenvalue weighted by molar-refractivity contribution is -0.274. The van der Waals surface area contributed by atoms with Gasteiger partial charge in [-0.25, -0.2) is 8.42 Å². The predicted octanol–water partition coefficient (Wildman–Crippen LogP) is 5.17. The first-order valence-electron chi connectivity index (χ1n) is 11.7. The second kappa shape index (κ2) is 12.0. The number of rotatable bonds is 9. The number of hydrogen-bond donors (Lipinski definition) is 2. The average molecular weight is 588 g/mol. The molecule has 0 atom stereocenters. The molecule has 2 N–H and O–H groups in total. The summed E-state index contributed by atoms with van der Waals surface area (Å²) in [6.07, 6.45) is -3.53. The van der Waals surface area contributed by atoms with Crippen LogP contribution in [0.15, 0.2) is 64.9 Å². The summed E-state index contributed by atoms with van der Waals surface area (Å²) in [7, 11) is -3.66. The van der Waals surface area contributed by atoms with E-state index >= 15 is 0 Å². The first-order valence-corrected chi connectivity index (χ1v) is 14.3. The molecule has 0 spiro atoms. The van der Waals surface area contributed by atoms with E-state index in [1.165, 1.54) is 16.4 Å². The summed E-state index contributed by atoms with van der Waals surface area (Å²) in [5.74, 6) is -0.555. The number of nitrogens with zero attached hydrogens (tertiary/aromatic N) is 1. The summed E-state index contributed by atoms with van der Waals surface area (Å²) in [6, 6.07) is 15.4. The van der Waals surface area contributed by atoms with Gasteiger partial charge in [-0.05, 0) is 66.9 Å². The summed E-state index contributed by atoms with van der Waals surface area (Å²) in [5, 5.41) is 6.65. The molecule has 1 aliphatic heterocycles. The van der Waals surface area contributed by atoms with Crippen LogP contribution in [0.1, 0.15) is 33.6 Å². The average Bonchev–Trinajstić information content (AvgIpc) is 3.37. The van der Waals surface area contributed by atoms with E-state index in [-0.39, 0.29) is 28.5 Å². The minimum absolute atomic E-state index is 0.0783. The van der Waals surface area contributed by atoms with Crippen molar-refractivity contribution in [3.05, 3.63) is 81.7 Å². The van der Waals surface area contributed by atoms with Gasteiger partial charge in [-0.1, -0.05) is 23.7 Å². The smallest absolute Gasteiger partial charge is 0.406 e. The fourth-order valence-electron chi connectivity index (χ4n) is 3.96. The molecular formula is C25H25ClF3N3O4S2. The maximum absolute atomic E-state index is 13.1. The van der Waals surface area contributed by atoms with E-state index in [2.05, 4.69) is 15.4 Å². The van der Waals surface area contributed by atoms with Crippen LogP contribution < -0.4 is 15.4 Å². The van der Waals surface area contributed by atoms with Gasteiger partial charge in [-0.3, -0.25) is 4.79 Å². The third kappa shape index (κ3) is 7.70. The van der Waals surface area contributed by atoms with Crippen molar-refractivity contribution in [2.75, 3.05) is 13.1 Å². The van der Waals surface area contributed by atoms with Gasteiger partial charge in [-0.2, -0.15) is 4.31 Å². The minimum Gasteiger partial charge on any atom is -0.406 e. The molecule has 0 bridgehead atoms. The van der Waals surface area contributed by atoms with Gasteiger partial charge >= 0.3 is 6.36 Å². The molecule has 1 aliphatic rings. The zero-order chi connectivity index (χ0) is 27.3. The van der Waals surface area contributed by atoms with Crippen LogP contribution in [0.3, 0.4) is 0 Å². The number of sulfonamides is 1. The second-order valence-electron chi connectivity index (χ2n) is 8.66. The van der Waals surface area contributed by atoms with Crippen molar-refractivity contribution in [2.45, 2.75) is 42.5 Å². The Morgan fingerprint density at radius 2 is 1.66 bits per heavy atom. The van der Waals surface area contributed by atoms with Crippen molar-refractivity contribution in [3.8, 4) is 5.75 Å². The largest absolute Gasteiger partial charge is 0.573 e. The van der Waals surface area contributed by atoms with Gasteiger partial charge in [0.05, 0.1) is 6.54 Å². The van der Waals surface area contributed by atoms with Crippen LogP contribution in [0.25, 0.3) is 0 Å². The fraction of sp³-hybridized carbons (Fsp3) is 0.320. The predicted molar refractivity (Wildman–Crippen MR) is 139 cm³/mol. The zero-order valence-corrected chi connectivity index (χ0v) is 22.4. The van der Waals surface area contributed by atoms with Crippen molar-refractivity contribution in [2.24, 2.45) is 0 Å². The summed E-state index contributed by atoms with van der Waals surface area (Å²) in [6.45, 7) is 1.34. The lowest BCUT2D eigenvalue weighted by atomic mass is 10.1. The molecule has 38 heavy (non-hydrogen) atoms. The van der Waals surface area contributed by atoms with E-state index in [4.69, 9.17) is 11.6 Å². The van der Waals surface area contributed by atoms with Crippen molar-refractivity contribution in [1.29, 1.82) is 0 Å². The Hall–Kier alpha value is -2.64. The highest BCUT2D eigenvalue weighted by molar-refractivity contribution is 7.91. The molecule has 204 valence electrons. The topological polar surface area (TPSA) is 87.7 Å². The molecule has 0 aliphatic carbocycles. The standard InChI is InChI=1S/C25H25ClF3N3O4S2/c26-19-5-3-18(4-6-19)24(33)31-16-22-9-10-23(37-22)38(34,35)32-13-11-20(12-14-32)30-15-17-1-7-21(8-2-17)36-25(27,28)29/h1-10,20,30H,11-16H2,(H,31,33). The zero-order valence-electron chi connectivity index (χ0n) is 20.0. The number of thiophene rings is 1. The lowest BCUT2D eigenvalue weighted by Gasteiger charge is -2.31. The van der Waals surface area contributed by atoms with Gasteiger partial charge in [-0.15, -0.1) is 24.5 Å². The molecule has 2 heterocycles. The molecule has 1 aromatic heterocycles. The molecular weight excluding hydrogens is 563 g/mol. The summed E-state index contributed by atoms with van der Waals surface area (Å²) < 4.78 is 68.7. The number of carbonyl (C=O) groups excluding carboxylic acids is 1. The van der Waals surface area contributed by atoms with E-state index < -0.39 is 16.4 Å². The molecule has 0 saturated carbocycles. The first-order chi connectivity index (χ1) is 18.0. The van der Waals surface area contributed by atoms with Gasteiger partial charge in [0.25, 0.3) is 15.9 Å². The van der Waals surface area contributed by atoms with Crippen molar-refractivity contribution >= 4 is 38.9 Å². The Kier molecular flexibility index (Phi) is 8.99. The number of alkyl halides is 3. The third-order valence-corrected chi connectivity index (χ3v) is 9.67. The van der Waals surface area contributed by atoms with E-state index in [0.29, 0.717) is 47.9 Å². The third-order valence-electron chi connectivity index (χ3n) is 5.97. The second-order valence-corrected chi connectivity index (χ2v) is 12.4. The molecule has 2 aromatic carbocycles. The van der Waals surface area contributed by atoms with Crippen LogP contribution >= 0.6 is 22.9 Å². The lowest BCUT2D eigenvalue weighted by Crippen LogP contribution is -2.44. The number of amides is 1.